The molecule has 1 atom stereocenters. The molecule has 0 bridgehead atoms. The van der Waals surface area contributed by atoms with Crippen molar-refractivity contribution in [3.05, 3.63) is 75.8 Å². The Labute approximate surface area is 128 Å². The molecule has 5 heteroatoms. The Hall–Kier alpha value is -2.69. The molecule has 0 spiro atoms. The molecular formula is C17H16N2O3. The van der Waals surface area contributed by atoms with Crippen LogP contribution in [0.15, 0.2) is 54.6 Å². The number of rotatable bonds is 3. The first-order chi connectivity index (χ1) is 10.6. The van der Waals surface area contributed by atoms with E-state index in [9.17, 15) is 14.9 Å². The first-order valence-electron chi connectivity index (χ1n) is 7.24. The maximum absolute atomic E-state index is 12.5. The average Bonchev–Trinajstić information content (AvgIpc) is 3.05. The summed E-state index contributed by atoms with van der Waals surface area (Å²) in [6, 6.07) is 16.1. The van der Waals surface area contributed by atoms with Crippen molar-refractivity contribution in [1.82, 2.24) is 4.90 Å². The van der Waals surface area contributed by atoms with Gasteiger partial charge in [0.05, 0.1) is 4.92 Å². The van der Waals surface area contributed by atoms with Crippen LogP contribution in [-0.4, -0.2) is 28.8 Å². The third-order valence-electron chi connectivity index (χ3n) is 4.05. The molecular weight excluding hydrogens is 280 g/mol. The summed E-state index contributed by atoms with van der Waals surface area (Å²) in [5, 5.41) is 10.8. The first kappa shape index (κ1) is 14.3. The smallest absolute Gasteiger partial charge is 0.270 e. The van der Waals surface area contributed by atoms with Crippen LogP contribution in [0.5, 0.6) is 0 Å². The quantitative estimate of drug-likeness (QED) is 0.645. The molecule has 1 saturated heterocycles. The van der Waals surface area contributed by atoms with E-state index >= 15 is 0 Å². The standard InChI is InChI=1S/C17H16N2O3/c20-17(14-7-4-8-16(11-14)19(21)22)18-10-9-15(12-18)13-5-2-1-3-6-13/h1-8,11,15H,9-10,12H2. The van der Waals surface area contributed by atoms with E-state index in [1.54, 1.807) is 17.0 Å². The number of nitro groups is 1. The van der Waals surface area contributed by atoms with Crippen LogP contribution in [-0.2, 0) is 0 Å². The fourth-order valence-corrected chi connectivity index (χ4v) is 2.88. The number of carbonyl (C=O) groups is 1. The van der Waals surface area contributed by atoms with E-state index in [0.29, 0.717) is 24.6 Å². The van der Waals surface area contributed by atoms with Crippen molar-refractivity contribution in [3.63, 3.8) is 0 Å². The minimum atomic E-state index is -0.479. The van der Waals surface area contributed by atoms with Crippen LogP contribution in [0.4, 0.5) is 5.69 Å². The Morgan fingerprint density at radius 3 is 2.64 bits per heavy atom. The monoisotopic (exact) mass is 296 g/mol. The minimum absolute atomic E-state index is 0.0512. The summed E-state index contributed by atoms with van der Waals surface area (Å²) in [5.74, 6) is 0.200. The number of amides is 1. The van der Waals surface area contributed by atoms with Gasteiger partial charge in [0, 0.05) is 36.7 Å². The van der Waals surface area contributed by atoms with Crippen LogP contribution in [0.25, 0.3) is 0 Å². The number of nitro benzene ring substituents is 1. The summed E-state index contributed by atoms with van der Waals surface area (Å²) >= 11 is 0. The Bertz CT molecular complexity index is 700. The molecule has 1 aliphatic heterocycles. The molecule has 2 aromatic rings. The Kier molecular flexibility index (Phi) is 3.87. The van der Waals surface area contributed by atoms with Gasteiger partial charge >= 0.3 is 0 Å². The molecule has 2 aromatic carbocycles. The van der Waals surface area contributed by atoms with Gasteiger partial charge in [0.1, 0.15) is 0 Å². The maximum Gasteiger partial charge on any atom is 0.270 e. The Morgan fingerprint density at radius 1 is 1.14 bits per heavy atom. The highest BCUT2D eigenvalue weighted by Gasteiger charge is 2.28. The van der Waals surface area contributed by atoms with Gasteiger partial charge in [-0.15, -0.1) is 0 Å². The molecule has 1 aliphatic rings. The van der Waals surface area contributed by atoms with Crippen molar-refractivity contribution < 1.29 is 9.72 Å². The molecule has 0 radical (unpaired) electrons. The van der Waals surface area contributed by atoms with E-state index in [2.05, 4.69) is 12.1 Å². The fraction of sp³-hybridized carbons (Fsp3) is 0.235. The number of non-ortho nitro benzene ring substituents is 1. The highest BCUT2D eigenvalue weighted by molar-refractivity contribution is 5.95. The predicted molar refractivity (Wildman–Crippen MR) is 82.8 cm³/mol. The lowest BCUT2D eigenvalue weighted by Gasteiger charge is -2.16. The normalized spacial score (nSPS) is 17.5. The summed E-state index contributed by atoms with van der Waals surface area (Å²) in [4.78, 5) is 24.6. The van der Waals surface area contributed by atoms with E-state index in [-0.39, 0.29) is 11.6 Å². The third kappa shape index (κ3) is 2.83. The van der Waals surface area contributed by atoms with E-state index in [0.717, 1.165) is 6.42 Å². The number of hydrogen-bond donors (Lipinski definition) is 0. The van der Waals surface area contributed by atoms with Gasteiger partial charge in [-0.2, -0.15) is 0 Å². The molecule has 0 aliphatic carbocycles. The van der Waals surface area contributed by atoms with Crippen LogP contribution >= 0.6 is 0 Å². The predicted octanol–water partition coefficient (Wildman–Crippen LogP) is 3.22. The lowest BCUT2D eigenvalue weighted by Crippen LogP contribution is -2.28. The highest BCUT2D eigenvalue weighted by Crippen LogP contribution is 2.28. The lowest BCUT2D eigenvalue weighted by molar-refractivity contribution is -0.384. The second-order valence-corrected chi connectivity index (χ2v) is 5.45. The zero-order valence-corrected chi connectivity index (χ0v) is 12.0. The van der Waals surface area contributed by atoms with Crippen LogP contribution < -0.4 is 0 Å². The topological polar surface area (TPSA) is 63.4 Å². The largest absolute Gasteiger partial charge is 0.338 e. The van der Waals surface area contributed by atoms with Gasteiger partial charge in [-0.05, 0) is 18.1 Å². The molecule has 3 rings (SSSR count). The van der Waals surface area contributed by atoms with Crippen molar-refractivity contribution in [1.29, 1.82) is 0 Å². The number of nitrogens with zero attached hydrogens (tertiary/aromatic N) is 2. The van der Waals surface area contributed by atoms with Crippen molar-refractivity contribution in [2.24, 2.45) is 0 Å². The van der Waals surface area contributed by atoms with Crippen molar-refractivity contribution in [3.8, 4) is 0 Å². The van der Waals surface area contributed by atoms with Gasteiger partial charge in [0.15, 0.2) is 0 Å². The molecule has 1 fully saturated rings. The summed E-state index contributed by atoms with van der Waals surface area (Å²) in [7, 11) is 0. The molecule has 0 saturated carbocycles. The van der Waals surface area contributed by atoms with E-state index < -0.39 is 4.92 Å². The van der Waals surface area contributed by atoms with Gasteiger partial charge in [-0.25, -0.2) is 0 Å². The van der Waals surface area contributed by atoms with E-state index in [4.69, 9.17) is 0 Å². The van der Waals surface area contributed by atoms with Gasteiger partial charge in [0.25, 0.3) is 11.6 Å². The third-order valence-corrected chi connectivity index (χ3v) is 4.05. The second kappa shape index (κ2) is 5.97. The molecule has 5 nitrogen and oxygen atoms in total. The van der Waals surface area contributed by atoms with E-state index in [1.165, 1.54) is 17.7 Å². The van der Waals surface area contributed by atoms with Gasteiger partial charge in [-0.1, -0.05) is 36.4 Å². The van der Waals surface area contributed by atoms with Gasteiger partial charge in [0.2, 0.25) is 0 Å². The molecule has 112 valence electrons. The van der Waals surface area contributed by atoms with Crippen molar-refractivity contribution >= 4 is 11.6 Å². The van der Waals surface area contributed by atoms with Crippen LogP contribution in [0.2, 0.25) is 0 Å². The number of likely N-dealkylation sites (tertiary alicyclic amines) is 1. The number of hydrogen-bond acceptors (Lipinski definition) is 3. The Balaban J connectivity index is 1.74. The fourth-order valence-electron chi connectivity index (χ4n) is 2.88. The van der Waals surface area contributed by atoms with Crippen LogP contribution in [0, 0.1) is 10.1 Å². The molecule has 22 heavy (non-hydrogen) atoms. The summed E-state index contributed by atoms with van der Waals surface area (Å²) < 4.78 is 0. The average molecular weight is 296 g/mol. The lowest BCUT2D eigenvalue weighted by atomic mass is 9.99. The summed E-state index contributed by atoms with van der Waals surface area (Å²) in [6.45, 7) is 1.34. The maximum atomic E-state index is 12.5. The van der Waals surface area contributed by atoms with Crippen molar-refractivity contribution in [2.45, 2.75) is 12.3 Å². The molecule has 1 amide bonds. The summed E-state index contributed by atoms with van der Waals surface area (Å²) in [6.07, 6.45) is 0.921. The SMILES string of the molecule is O=C(c1cccc([N+](=O)[O-])c1)N1CCC(c2ccccc2)C1. The summed E-state index contributed by atoms with van der Waals surface area (Å²) in [5.41, 5.74) is 1.56. The number of benzene rings is 2. The minimum Gasteiger partial charge on any atom is -0.338 e. The molecule has 1 unspecified atom stereocenters. The van der Waals surface area contributed by atoms with Gasteiger partial charge < -0.3 is 4.90 Å². The first-order valence-corrected chi connectivity index (χ1v) is 7.24. The second-order valence-electron chi connectivity index (χ2n) is 5.45. The van der Waals surface area contributed by atoms with Crippen LogP contribution in [0.3, 0.4) is 0 Å². The molecule has 0 aromatic heterocycles. The zero-order chi connectivity index (χ0) is 15.5. The zero-order valence-electron chi connectivity index (χ0n) is 12.0. The van der Waals surface area contributed by atoms with Crippen molar-refractivity contribution in [2.75, 3.05) is 13.1 Å². The van der Waals surface area contributed by atoms with Gasteiger partial charge in [-0.3, -0.25) is 14.9 Å². The molecule has 1 heterocycles. The number of carbonyl (C=O) groups excluding carboxylic acids is 1. The van der Waals surface area contributed by atoms with Crippen LogP contribution in [0.1, 0.15) is 28.3 Å². The highest BCUT2D eigenvalue weighted by atomic mass is 16.6. The van der Waals surface area contributed by atoms with E-state index in [1.807, 2.05) is 18.2 Å². The Morgan fingerprint density at radius 2 is 1.91 bits per heavy atom. The molecule has 0 N–H and O–H groups in total.